The Hall–Kier alpha value is -1.84. The molecule has 1 aromatic carbocycles. The number of ether oxygens (including phenoxy) is 1. The van der Waals surface area contributed by atoms with Crippen LogP contribution in [-0.2, 0) is 4.79 Å². The molecule has 3 fully saturated rings. The Kier molecular flexibility index (Phi) is 3.07. The molecule has 1 N–H and O–H groups in total. The van der Waals surface area contributed by atoms with Crippen LogP contribution in [-0.4, -0.2) is 23.3 Å². The maximum Gasteiger partial charge on any atom is 0.224 e. The third-order valence-corrected chi connectivity index (χ3v) is 6.64. The molecule has 1 aromatic rings. The minimum atomic E-state index is -0.437. The molecule has 4 heteroatoms. The standard InChI is InChI=1S/C20H23NO3/c22-15-11-20(24-16-8-4-3-7-13(15)16)10-9-14-17(18(14)20)19(23)21-12-5-1-2-6-12/h3-4,7-8,12,14,17-18H,1-2,5-6,9-11H2,(H,21,23). The maximum absolute atomic E-state index is 12.7. The normalized spacial score (nSPS) is 37.0. The Labute approximate surface area is 142 Å². The van der Waals surface area contributed by atoms with E-state index >= 15 is 0 Å². The van der Waals surface area contributed by atoms with Crippen LogP contribution >= 0.6 is 0 Å². The van der Waals surface area contributed by atoms with Crippen LogP contribution in [0.3, 0.4) is 0 Å². The molecule has 1 heterocycles. The molecular formula is C20H23NO3. The van der Waals surface area contributed by atoms with E-state index in [0.29, 0.717) is 29.7 Å². The van der Waals surface area contributed by atoms with Gasteiger partial charge in [0.2, 0.25) is 5.91 Å². The highest BCUT2D eigenvalue weighted by Crippen LogP contribution is 2.65. The van der Waals surface area contributed by atoms with Crippen molar-refractivity contribution in [2.75, 3.05) is 0 Å². The molecule has 4 nitrogen and oxygen atoms in total. The Balaban J connectivity index is 1.35. The predicted octanol–water partition coefficient (Wildman–Crippen LogP) is 3.11. The molecule has 3 saturated carbocycles. The van der Waals surface area contributed by atoms with E-state index in [4.69, 9.17) is 4.74 Å². The minimum absolute atomic E-state index is 0.0532. The zero-order chi connectivity index (χ0) is 16.3. The van der Waals surface area contributed by atoms with Crippen LogP contribution in [0.25, 0.3) is 0 Å². The van der Waals surface area contributed by atoms with Crippen molar-refractivity contribution in [3.05, 3.63) is 29.8 Å². The van der Waals surface area contributed by atoms with E-state index < -0.39 is 5.60 Å². The van der Waals surface area contributed by atoms with Crippen LogP contribution in [0.15, 0.2) is 24.3 Å². The molecule has 0 bridgehead atoms. The monoisotopic (exact) mass is 325 g/mol. The lowest BCUT2D eigenvalue weighted by Gasteiger charge is -2.37. The molecule has 5 rings (SSSR count). The molecule has 24 heavy (non-hydrogen) atoms. The summed E-state index contributed by atoms with van der Waals surface area (Å²) in [4.78, 5) is 25.3. The van der Waals surface area contributed by atoms with Gasteiger partial charge in [-0.15, -0.1) is 0 Å². The van der Waals surface area contributed by atoms with Crippen molar-refractivity contribution in [1.82, 2.24) is 5.32 Å². The fourth-order valence-electron chi connectivity index (χ4n) is 5.49. The lowest BCUT2D eigenvalue weighted by Crippen LogP contribution is -2.45. The Morgan fingerprint density at radius 1 is 1.17 bits per heavy atom. The first-order valence-electron chi connectivity index (χ1n) is 9.30. The van der Waals surface area contributed by atoms with Gasteiger partial charge in [0.05, 0.1) is 12.0 Å². The quantitative estimate of drug-likeness (QED) is 0.909. The van der Waals surface area contributed by atoms with E-state index in [1.165, 1.54) is 12.8 Å². The second kappa shape index (κ2) is 5.08. The summed E-state index contributed by atoms with van der Waals surface area (Å²) in [6, 6.07) is 7.88. The Morgan fingerprint density at radius 3 is 2.79 bits per heavy atom. The summed E-state index contributed by atoms with van der Waals surface area (Å²) in [6.45, 7) is 0. The summed E-state index contributed by atoms with van der Waals surface area (Å²) in [7, 11) is 0. The molecule has 1 aliphatic heterocycles. The van der Waals surface area contributed by atoms with E-state index in [-0.39, 0.29) is 23.5 Å². The second-order valence-corrected chi connectivity index (χ2v) is 8.01. The first-order valence-corrected chi connectivity index (χ1v) is 9.30. The number of hydrogen-bond donors (Lipinski definition) is 1. The van der Waals surface area contributed by atoms with E-state index in [0.717, 1.165) is 25.7 Å². The summed E-state index contributed by atoms with van der Waals surface area (Å²) in [5.41, 5.74) is 0.257. The van der Waals surface area contributed by atoms with Crippen LogP contribution in [0.2, 0.25) is 0 Å². The van der Waals surface area contributed by atoms with Gasteiger partial charge in [0.1, 0.15) is 11.4 Å². The second-order valence-electron chi connectivity index (χ2n) is 8.01. The fraction of sp³-hybridized carbons (Fsp3) is 0.600. The number of fused-ring (bicyclic) bond motifs is 3. The van der Waals surface area contributed by atoms with Crippen LogP contribution in [0, 0.1) is 17.8 Å². The highest BCUT2D eigenvalue weighted by Gasteiger charge is 2.70. The molecule has 0 saturated heterocycles. The van der Waals surface area contributed by atoms with Crippen molar-refractivity contribution in [2.45, 2.75) is 56.6 Å². The number of carbonyl (C=O) groups is 2. The van der Waals surface area contributed by atoms with Gasteiger partial charge in [0, 0.05) is 17.9 Å². The van der Waals surface area contributed by atoms with Crippen molar-refractivity contribution < 1.29 is 14.3 Å². The number of benzene rings is 1. The van der Waals surface area contributed by atoms with Crippen molar-refractivity contribution in [2.24, 2.45) is 17.8 Å². The predicted molar refractivity (Wildman–Crippen MR) is 88.9 cm³/mol. The molecule has 0 aromatic heterocycles. The number of carbonyl (C=O) groups excluding carboxylic acids is 2. The third kappa shape index (κ3) is 2.04. The van der Waals surface area contributed by atoms with Crippen molar-refractivity contribution in [3.8, 4) is 5.75 Å². The first-order chi connectivity index (χ1) is 11.7. The van der Waals surface area contributed by atoms with Gasteiger partial charge in [-0.2, -0.15) is 0 Å². The first kappa shape index (κ1) is 14.5. The van der Waals surface area contributed by atoms with Crippen molar-refractivity contribution in [3.63, 3.8) is 0 Å². The lowest BCUT2D eigenvalue weighted by molar-refractivity contribution is -0.124. The number of hydrogen-bond acceptors (Lipinski definition) is 3. The van der Waals surface area contributed by atoms with Crippen molar-refractivity contribution in [1.29, 1.82) is 0 Å². The van der Waals surface area contributed by atoms with Gasteiger partial charge in [0.15, 0.2) is 5.78 Å². The highest BCUT2D eigenvalue weighted by atomic mass is 16.5. The lowest BCUT2D eigenvalue weighted by atomic mass is 9.84. The van der Waals surface area contributed by atoms with Gasteiger partial charge in [-0.05, 0) is 43.7 Å². The molecule has 0 radical (unpaired) electrons. The zero-order valence-corrected chi connectivity index (χ0v) is 13.8. The molecule has 4 aliphatic rings. The maximum atomic E-state index is 12.7. The zero-order valence-electron chi connectivity index (χ0n) is 13.8. The number of ketones is 1. The summed E-state index contributed by atoms with van der Waals surface area (Å²) in [6.07, 6.45) is 7.00. The van der Waals surface area contributed by atoms with Gasteiger partial charge in [0.25, 0.3) is 0 Å². The number of Topliss-reactive ketones (excluding diaryl/α,β-unsaturated/α-hetero) is 1. The van der Waals surface area contributed by atoms with Crippen LogP contribution < -0.4 is 10.1 Å². The molecule has 1 amide bonds. The third-order valence-electron chi connectivity index (χ3n) is 6.64. The van der Waals surface area contributed by atoms with Gasteiger partial charge >= 0.3 is 0 Å². The summed E-state index contributed by atoms with van der Waals surface area (Å²) < 4.78 is 6.35. The van der Waals surface area contributed by atoms with Gasteiger partial charge in [-0.3, -0.25) is 9.59 Å². The molecular weight excluding hydrogens is 302 g/mol. The molecule has 3 aliphatic carbocycles. The van der Waals surface area contributed by atoms with Crippen molar-refractivity contribution >= 4 is 11.7 Å². The molecule has 126 valence electrons. The summed E-state index contributed by atoms with van der Waals surface area (Å²) in [5, 5.41) is 3.24. The van der Waals surface area contributed by atoms with E-state index in [1.54, 1.807) is 0 Å². The topological polar surface area (TPSA) is 55.4 Å². The molecule has 4 atom stereocenters. The average Bonchev–Trinajstić information content (AvgIpc) is 2.91. The summed E-state index contributed by atoms with van der Waals surface area (Å²) >= 11 is 0. The van der Waals surface area contributed by atoms with Gasteiger partial charge in [-0.1, -0.05) is 25.0 Å². The number of rotatable bonds is 2. The van der Waals surface area contributed by atoms with Gasteiger partial charge in [-0.25, -0.2) is 0 Å². The number of amides is 1. The smallest absolute Gasteiger partial charge is 0.224 e. The fourth-order valence-corrected chi connectivity index (χ4v) is 5.49. The van der Waals surface area contributed by atoms with Crippen LogP contribution in [0.5, 0.6) is 5.75 Å². The van der Waals surface area contributed by atoms with E-state index in [2.05, 4.69) is 5.32 Å². The molecule has 4 unspecified atom stereocenters. The summed E-state index contributed by atoms with van der Waals surface area (Å²) in [5.74, 6) is 1.75. The van der Waals surface area contributed by atoms with Gasteiger partial charge < -0.3 is 10.1 Å². The highest BCUT2D eigenvalue weighted by molar-refractivity contribution is 6.00. The number of nitrogens with one attached hydrogen (secondary N) is 1. The Bertz CT molecular complexity index is 709. The minimum Gasteiger partial charge on any atom is -0.486 e. The Morgan fingerprint density at radius 2 is 1.96 bits per heavy atom. The number of para-hydroxylation sites is 1. The van der Waals surface area contributed by atoms with E-state index in [9.17, 15) is 9.59 Å². The largest absolute Gasteiger partial charge is 0.486 e. The molecule has 1 spiro atoms. The average molecular weight is 325 g/mol. The van der Waals surface area contributed by atoms with E-state index in [1.807, 2.05) is 24.3 Å². The SMILES string of the molecule is O=C1CC2(CCC3C(C(=O)NC4CCCC4)C32)Oc2ccccc21. The van der Waals surface area contributed by atoms with Crippen LogP contribution in [0.4, 0.5) is 0 Å². The van der Waals surface area contributed by atoms with Crippen LogP contribution in [0.1, 0.15) is 55.3 Å².